The van der Waals surface area contributed by atoms with E-state index in [2.05, 4.69) is 51.8 Å². The second-order valence-corrected chi connectivity index (χ2v) is 8.86. The van der Waals surface area contributed by atoms with Crippen LogP contribution in [0.15, 0.2) is 32.5 Å². The molecule has 0 saturated carbocycles. The van der Waals surface area contributed by atoms with Gasteiger partial charge in [0.25, 0.3) is 0 Å². The SMILES string of the molecule is CC1(C)COc2ccc(C(O)c3cc(Br)c(Br)s3)cc21. The number of thiophene rings is 1. The Morgan fingerprint density at radius 2 is 2.05 bits per heavy atom. The molecule has 1 unspecified atom stereocenters. The Kier molecular flexibility index (Phi) is 3.73. The van der Waals surface area contributed by atoms with Gasteiger partial charge in [-0.15, -0.1) is 11.3 Å². The number of hydrogen-bond donors (Lipinski definition) is 1. The van der Waals surface area contributed by atoms with Gasteiger partial charge in [0.2, 0.25) is 0 Å². The molecule has 2 nitrogen and oxygen atoms in total. The van der Waals surface area contributed by atoms with Crippen LogP contribution in [0.5, 0.6) is 5.75 Å². The molecule has 1 aromatic carbocycles. The van der Waals surface area contributed by atoms with E-state index in [-0.39, 0.29) is 5.41 Å². The quantitative estimate of drug-likeness (QED) is 0.742. The monoisotopic (exact) mass is 416 g/mol. The average Bonchev–Trinajstić information content (AvgIpc) is 2.90. The maximum atomic E-state index is 10.6. The van der Waals surface area contributed by atoms with E-state index in [1.807, 2.05) is 18.2 Å². The summed E-state index contributed by atoms with van der Waals surface area (Å²) >= 11 is 8.46. The van der Waals surface area contributed by atoms with Crippen LogP contribution in [-0.4, -0.2) is 11.7 Å². The predicted octanol–water partition coefficient (Wildman–Crippen LogP) is 5.02. The average molecular weight is 418 g/mol. The molecule has 2 aromatic rings. The second kappa shape index (κ2) is 5.13. The first-order valence-corrected chi connectivity index (χ1v) is 8.69. The van der Waals surface area contributed by atoms with E-state index in [0.717, 1.165) is 24.4 Å². The highest BCUT2D eigenvalue weighted by Crippen LogP contribution is 2.42. The summed E-state index contributed by atoms with van der Waals surface area (Å²) in [4.78, 5) is 0.917. The first kappa shape index (κ1) is 14.6. The Labute approximate surface area is 139 Å². The third-order valence-electron chi connectivity index (χ3n) is 3.57. The van der Waals surface area contributed by atoms with Crippen LogP contribution in [0.2, 0.25) is 0 Å². The standard InChI is InChI=1S/C15H14Br2O2S/c1-15(2)7-19-11-4-3-8(5-9(11)15)13(18)12-6-10(16)14(17)20-12/h3-6,13,18H,7H2,1-2H3. The van der Waals surface area contributed by atoms with Gasteiger partial charge >= 0.3 is 0 Å². The molecule has 0 saturated heterocycles. The lowest BCUT2D eigenvalue weighted by Crippen LogP contribution is -2.18. The van der Waals surface area contributed by atoms with Crippen LogP contribution in [0.3, 0.4) is 0 Å². The molecule has 1 N–H and O–H groups in total. The maximum absolute atomic E-state index is 10.6. The molecular formula is C15H14Br2O2S. The van der Waals surface area contributed by atoms with Crippen molar-refractivity contribution in [3.63, 3.8) is 0 Å². The molecule has 2 heterocycles. The Bertz CT molecular complexity index is 644. The highest BCUT2D eigenvalue weighted by atomic mass is 79.9. The van der Waals surface area contributed by atoms with Crippen molar-refractivity contribution < 1.29 is 9.84 Å². The van der Waals surface area contributed by atoms with Crippen LogP contribution < -0.4 is 4.74 Å². The first-order chi connectivity index (χ1) is 9.38. The zero-order chi connectivity index (χ0) is 14.5. The van der Waals surface area contributed by atoms with Crippen LogP contribution in [0.25, 0.3) is 0 Å². The molecule has 0 bridgehead atoms. The van der Waals surface area contributed by atoms with E-state index in [1.54, 1.807) is 0 Å². The minimum atomic E-state index is -0.607. The fourth-order valence-corrected chi connectivity index (χ4v) is 4.47. The summed E-state index contributed by atoms with van der Waals surface area (Å²) in [5.74, 6) is 0.930. The maximum Gasteiger partial charge on any atom is 0.123 e. The van der Waals surface area contributed by atoms with Gasteiger partial charge in [0, 0.05) is 20.3 Å². The van der Waals surface area contributed by atoms with E-state index in [9.17, 15) is 5.11 Å². The summed E-state index contributed by atoms with van der Waals surface area (Å²) < 4.78 is 7.65. The number of fused-ring (bicyclic) bond motifs is 1. The summed E-state index contributed by atoms with van der Waals surface area (Å²) in [6.07, 6.45) is -0.607. The summed E-state index contributed by atoms with van der Waals surface area (Å²) in [5, 5.41) is 10.6. The Morgan fingerprint density at radius 3 is 2.70 bits per heavy atom. The number of benzene rings is 1. The van der Waals surface area contributed by atoms with Gasteiger partial charge < -0.3 is 9.84 Å². The molecule has 106 valence electrons. The summed E-state index contributed by atoms with van der Waals surface area (Å²) in [6, 6.07) is 7.91. The molecule has 1 atom stereocenters. The van der Waals surface area contributed by atoms with Crippen molar-refractivity contribution in [2.24, 2.45) is 0 Å². The van der Waals surface area contributed by atoms with Gasteiger partial charge in [-0.3, -0.25) is 0 Å². The lowest BCUT2D eigenvalue weighted by Gasteiger charge is -2.17. The molecular weight excluding hydrogens is 404 g/mol. The number of ether oxygens (including phenoxy) is 1. The van der Waals surface area contributed by atoms with E-state index in [4.69, 9.17) is 4.74 Å². The van der Waals surface area contributed by atoms with Crippen LogP contribution in [0.1, 0.15) is 36.0 Å². The molecule has 0 fully saturated rings. The largest absolute Gasteiger partial charge is 0.492 e. The lowest BCUT2D eigenvalue weighted by molar-refractivity contribution is 0.224. The molecule has 1 aromatic heterocycles. The van der Waals surface area contributed by atoms with Gasteiger partial charge in [-0.25, -0.2) is 0 Å². The molecule has 0 spiro atoms. The fraction of sp³-hybridized carbons (Fsp3) is 0.333. The fourth-order valence-electron chi connectivity index (χ4n) is 2.37. The minimum absolute atomic E-state index is 0.00167. The normalized spacial score (nSPS) is 17.6. The minimum Gasteiger partial charge on any atom is -0.492 e. The first-order valence-electron chi connectivity index (χ1n) is 6.28. The van der Waals surface area contributed by atoms with Crippen molar-refractivity contribution >= 4 is 43.2 Å². The summed E-state index contributed by atoms with van der Waals surface area (Å²) in [7, 11) is 0. The van der Waals surface area contributed by atoms with Crippen molar-refractivity contribution in [3.8, 4) is 5.75 Å². The lowest BCUT2D eigenvalue weighted by atomic mass is 9.85. The molecule has 1 aliphatic heterocycles. The van der Waals surface area contributed by atoms with Crippen molar-refractivity contribution in [2.45, 2.75) is 25.4 Å². The molecule has 0 radical (unpaired) electrons. The number of aliphatic hydroxyl groups excluding tert-OH is 1. The van der Waals surface area contributed by atoms with E-state index in [1.165, 1.54) is 16.9 Å². The van der Waals surface area contributed by atoms with E-state index >= 15 is 0 Å². The molecule has 0 aliphatic carbocycles. The van der Waals surface area contributed by atoms with Crippen LogP contribution in [-0.2, 0) is 5.41 Å². The number of aliphatic hydroxyl groups is 1. The van der Waals surface area contributed by atoms with Gasteiger partial charge in [-0.05, 0) is 55.6 Å². The van der Waals surface area contributed by atoms with Gasteiger partial charge in [-0.2, -0.15) is 0 Å². The Hall–Kier alpha value is -0.360. The van der Waals surface area contributed by atoms with Crippen LogP contribution in [0, 0.1) is 0 Å². The van der Waals surface area contributed by atoms with Gasteiger partial charge in [0.1, 0.15) is 11.9 Å². The van der Waals surface area contributed by atoms with Crippen molar-refractivity contribution in [1.29, 1.82) is 0 Å². The van der Waals surface area contributed by atoms with Gasteiger partial charge in [-0.1, -0.05) is 19.9 Å². The summed E-state index contributed by atoms with van der Waals surface area (Å²) in [6.45, 7) is 5.01. The predicted molar refractivity (Wildman–Crippen MR) is 88.7 cm³/mol. The topological polar surface area (TPSA) is 29.5 Å². The van der Waals surface area contributed by atoms with Crippen LogP contribution >= 0.6 is 43.2 Å². The third-order valence-corrected chi connectivity index (χ3v) is 6.88. The van der Waals surface area contributed by atoms with Gasteiger partial charge in [0.15, 0.2) is 0 Å². The Balaban J connectivity index is 1.99. The zero-order valence-corrected chi connectivity index (χ0v) is 15.1. The van der Waals surface area contributed by atoms with Crippen molar-refractivity contribution in [1.82, 2.24) is 0 Å². The van der Waals surface area contributed by atoms with E-state index < -0.39 is 6.10 Å². The smallest absolute Gasteiger partial charge is 0.123 e. The van der Waals surface area contributed by atoms with Crippen molar-refractivity contribution in [2.75, 3.05) is 6.61 Å². The van der Waals surface area contributed by atoms with Crippen molar-refractivity contribution in [3.05, 3.63) is 48.5 Å². The zero-order valence-electron chi connectivity index (χ0n) is 11.1. The van der Waals surface area contributed by atoms with E-state index in [0.29, 0.717) is 6.61 Å². The number of halogens is 2. The molecule has 20 heavy (non-hydrogen) atoms. The van der Waals surface area contributed by atoms with Crippen LogP contribution in [0.4, 0.5) is 0 Å². The number of rotatable bonds is 2. The second-order valence-electron chi connectivity index (χ2n) is 5.60. The van der Waals surface area contributed by atoms with Gasteiger partial charge in [0.05, 0.1) is 10.4 Å². The third kappa shape index (κ3) is 2.45. The molecule has 0 amide bonds. The molecule has 3 rings (SSSR count). The highest BCUT2D eigenvalue weighted by molar-refractivity contribution is 9.13. The highest BCUT2D eigenvalue weighted by Gasteiger charge is 2.32. The molecule has 1 aliphatic rings. The number of hydrogen-bond acceptors (Lipinski definition) is 3. The molecule has 5 heteroatoms. The summed E-state index contributed by atoms with van der Waals surface area (Å²) in [5.41, 5.74) is 2.08. The Morgan fingerprint density at radius 1 is 1.30 bits per heavy atom.